The van der Waals surface area contributed by atoms with E-state index in [-0.39, 0.29) is 17.6 Å². The van der Waals surface area contributed by atoms with Crippen LogP contribution in [0.1, 0.15) is 28.4 Å². The number of aromatic hydroxyl groups is 1. The number of phenols is 1. The van der Waals surface area contributed by atoms with Crippen LogP contribution in [0.15, 0.2) is 42.5 Å². The average molecular weight is 481 g/mol. The Morgan fingerprint density at radius 3 is 2.50 bits per heavy atom. The van der Waals surface area contributed by atoms with Crippen molar-refractivity contribution in [3.63, 3.8) is 0 Å². The minimum absolute atomic E-state index is 0.0857. The molecular formula is C26H25ClN2O5. The highest BCUT2D eigenvalue weighted by Crippen LogP contribution is 2.46. The molecule has 1 atom stereocenters. The Kier molecular flexibility index (Phi) is 5.65. The lowest BCUT2D eigenvalue weighted by molar-refractivity contribution is 0.0980. The number of nitrogens with one attached hydrogen (secondary N) is 1. The Balaban J connectivity index is 1.65. The third-order valence-electron chi connectivity index (χ3n) is 6.52. The normalized spacial score (nSPS) is 15.4. The summed E-state index contributed by atoms with van der Waals surface area (Å²) >= 11 is 6.33. The first kappa shape index (κ1) is 22.2. The number of H-pyrrole nitrogens is 1. The molecule has 8 heteroatoms. The summed E-state index contributed by atoms with van der Waals surface area (Å²) in [5.74, 6) is 1.86. The Hall–Kier alpha value is -3.58. The maximum Gasteiger partial charge on any atom is 0.274 e. The number of aromatic amines is 1. The predicted molar refractivity (Wildman–Crippen MR) is 133 cm³/mol. The molecule has 5 rings (SSSR count). The fourth-order valence-electron chi connectivity index (χ4n) is 4.94. The van der Waals surface area contributed by atoms with Crippen LogP contribution in [0.25, 0.3) is 21.7 Å². The van der Waals surface area contributed by atoms with Crippen LogP contribution >= 0.6 is 11.6 Å². The Labute approximate surface area is 201 Å². The summed E-state index contributed by atoms with van der Waals surface area (Å²) < 4.78 is 16.5. The second-order valence-corrected chi connectivity index (χ2v) is 8.57. The van der Waals surface area contributed by atoms with Gasteiger partial charge in [-0.2, -0.15) is 0 Å². The number of aromatic nitrogens is 1. The van der Waals surface area contributed by atoms with Gasteiger partial charge in [-0.05, 0) is 29.5 Å². The maximum atomic E-state index is 13.8. The highest BCUT2D eigenvalue weighted by atomic mass is 35.5. The molecule has 34 heavy (non-hydrogen) atoms. The molecule has 4 aromatic rings. The number of hydrogen-bond donors (Lipinski definition) is 2. The Morgan fingerprint density at radius 1 is 1.09 bits per heavy atom. The summed E-state index contributed by atoms with van der Waals surface area (Å²) in [5.41, 5.74) is 2.70. The lowest BCUT2D eigenvalue weighted by Crippen LogP contribution is -2.37. The first-order valence-electron chi connectivity index (χ1n) is 11.0. The number of methoxy groups -OCH3 is 3. The molecule has 0 radical (unpaired) electrons. The van der Waals surface area contributed by atoms with E-state index in [0.717, 1.165) is 28.1 Å². The van der Waals surface area contributed by atoms with E-state index in [4.69, 9.17) is 25.8 Å². The molecule has 1 aromatic heterocycles. The molecule has 0 spiro atoms. The quantitative estimate of drug-likeness (QED) is 0.372. The van der Waals surface area contributed by atoms with Gasteiger partial charge in [0.05, 0.1) is 32.5 Å². The molecule has 7 nitrogen and oxygen atoms in total. The van der Waals surface area contributed by atoms with E-state index >= 15 is 0 Å². The van der Waals surface area contributed by atoms with Gasteiger partial charge in [0.15, 0.2) is 11.5 Å². The lowest BCUT2D eigenvalue weighted by atomic mass is 9.86. The van der Waals surface area contributed by atoms with Crippen LogP contribution in [0.2, 0.25) is 0 Å². The number of hydrogen-bond acceptors (Lipinski definition) is 5. The number of nitrogens with zero attached hydrogens (tertiary/aromatic N) is 1. The van der Waals surface area contributed by atoms with E-state index in [9.17, 15) is 9.90 Å². The van der Waals surface area contributed by atoms with Gasteiger partial charge in [0.25, 0.3) is 5.91 Å². The fourth-order valence-corrected chi connectivity index (χ4v) is 5.25. The highest BCUT2D eigenvalue weighted by molar-refractivity contribution is 6.19. The molecule has 1 amide bonds. The van der Waals surface area contributed by atoms with Crippen LogP contribution in [-0.2, 0) is 0 Å². The monoisotopic (exact) mass is 480 g/mol. The van der Waals surface area contributed by atoms with Crippen molar-refractivity contribution in [1.29, 1.82) is 0 Å². The SMILES string of the molecule is COc1cc2cc(C(=O)N3CCC(CCl)c4c3cc(O)c3ccccc43)[nH]c2c(OC)c1OC. The van der Waals surface area contributed by atoms with Gasteiger partial charge >= 0.3 is 0 Å². The topological polar surface area (TPSA) is 84.0 Å². The summed E-state index contributed by atoms with van der Waals surface area (Å²) in [6, 6.07) is 12.9. The molecule has 1 aliphatic heterocycles. The zero-order valence-corrected chi connectivity index (χ0v) is 19.9. The molecule has 2 N–H and O–H groups in total. The third-order valence-corrected chi connectivity index (χ3v) is 6.90. The van der Waals surface area contributed by atoms with Crippen molar-refractivity contribution in [3.8, 4) is 23.0 Å². The average Bonchev–Trinajstić information content (AvgIpc) is 3.30. The fraction of sp³-hybridized carbons (Fsp3) is 0.269. The molecule has 0 saturated carbocycles. The molecule has 0 aliphatic carbocycles. The number of benzene rings is 3. The van der Waals surface area contributed by atoms with Gasteiger partial charge in [-0.15, -0.1) is 11.6 Å². The number of fused-ring (bicyclic) bond motifs is 4. The molecule has 0 bridgehead atoms. The maximum absolute atomic E-state index is 13.8. The Bertz CT molecular complexity index is 1410. The zero-order valence-electron chi connectivity index (χ0n) is 19.1. The number of anilines is 1. The van der Waals surface area contributed by atoms with Crippen molar-refractivity contribution in [1.82, 2.24) is 4.98 Å². The van der Waals surface area contributed by atoms with Crippen LogP contribution in [0.4, 0.5) is 5.69 Å². The molecule has 3 aromatic carbocycles. The van der Waals surface area contributed by atoms with Crippen molar-refractivity contribution in [2.45, 2.75) is 12.3 Å². The van der Waals surface area contributed by atoms with Gasteiger partial charge in [-0.25, -0.2) is 0 Å². The third kappa shape index (κ3) is 3.30. The number of rotatable bonds is 5. The minimum Gasteiger partial charge on any atom is -0.507 e. The van der Waals surface area contributed by atoms with E-state index in [0.29, 0.717) is 46.6 Å². The van der Waals surface area contributed by atoms with Crippen molar-refractivity contribution >= 4 is 44.9 Å². The largest absolute Gasteiger partial charge is 0.507 e. The zero-order chi connectivity index (χ0) is 24.0. The van der Waals surface area contributed by atoms with E-state index < -0.39 is 0 Å². The van der Waals surface area contributed by atoms with Crippen molar-refractivity contribution in [2.24, 2.45) is 0 Å². The molecular weight excluding hydrogens is 456 g/mol. The molecule has 2 heterocycles. The highest BCUT2D eigenvalue weighted by Gasteiger charge is 2.32. The number of amides is 1. The van der Waals surface area contributed by atoms with Crippen LogP contribution in [-0.4, -0.2) is 49.8 Å². The van der Waals surface area contributed by atoms with E-state index in [1.165, 1.54) is 7.11 Å². The summed E-state index contributed by atoms with van der Waals surface area (Å²) in [4.78, 5) is 18.7. The van der Waals surface area contributed by atoms with Crippen LogP contribution in [0.5, 0.6) is 23.0 Å². The van der Waals surface area contributed by atoms with Crippen molar-refractivity contribution in [2.75, 3.05) is 38.7 Å². The van der Waals surface area contributed by atoms with Gasteiger partial charge in [0, 0.05) is 35.2 Å². The van der Waals surface area contributed by atoms with Gasteiger partial charge in [-0.1, -0.05) is 24.3 Å². The molecule has 1 aliphatic rings. The minimum atomic E-state index is -0.208. The number of alkyl halides is 1. The van der Waals surface area contributed by atoms with E-state index in [1.54, 1.807) is 37.3 Å². The second-order valence-electron chi connectivity index (χ2n) is 8.26. The first-order valence-corrected chi connectivity index (χ1v) is 11.5. The van der Waals surface area contributed by atoms with Gasteiger partial charge in [0.1, 0.15) is 11.4 Å². The number of halogens is 1. The van der Waals surface area contributed by atoms with Crippen LogP contribution in [0.3, 0.4) is 0 Å². The van der Waals surface area contributed by atoms with Gasteiger partial charge in [0.2, 0.25) is 5.75 Å². The standard InChI is InChI=1S/C26H25ClN2O5/c1-32-21-11-15-10-18(28-23(15)25(34-3)24(21)33-2)26(31)29-9-8-14(13-27)22-17-7-5-4-6-16(17)20(30)12-19(22)29/h4-7,10-12,14,28,30H,8-9,13H2,1-3H3. The van der Waals surface area contributed by atoms with Crippen LogP contribution < -0.4 is 19.1 Å². The van der Waals surface area contributed by atoms with E-state index in [1.807, 2.05) is 24.3 Å². The molecule has 1 unspecified atom stereocenters. The predicted octanol–water partition coefficient (Wildman–Crippen LogP) is 5.43. The molecule has 176 valence electrons. The lowest BCUT2D eigenvalue weighted by Gasteiger charge is -2.34. The molecule has 0 fully saturated rings. The Morgan fingerprint density at radius 2 is 1.82 bits per heavy atom. The van der Waals surface area contributed by atoms with Gasteiger partial charge < -0.3 is 29.2 Å². The summed E-state index contributed by atoms with van der Waals surface area (Å²) in [5, 5.41) is 13.2. The molecule has 0 saturated heterocycles. The summed E-state index contributed by atoms with van der Waals surface area (Å²) in [6.45, 7) is 0.486. The number of ether oxygens (including phenoxy) is 3. The van der Waals surface area contributed by atoms with Crippen LogP contribution in [0, 0.1) is 0 Å². The first-order chi connectivity index (χ1) is 16.5. The summed E-state index contributed by atoms with van der Waals surface area (Å²) in [6.07, 6.45) is 0.724. The number of carbonyl (C=O) groups excluding carboxylic acids is 1. The van der Waals surface area contributed by atoms with Gasteiger partial charge in [-0.3, -0.25) is 4.79 Å². The summed E-state index contributed by atoms with van der Waals surface area (Å²) in [7, 11) is 4.63. The number of carbonyl (C=O) groups is 1. The van der Waals surface area contributed by atoms with Crippen molar-refractivity contribution in [3.05, 3.63) is 53.7 Å². The number of phenolic OH excluding ortho intramolecular Hbond substituents is 1. The van der Waals surface area contributed by atoms with E-state index in [2.05, 4.69) is 4.98 Å². The van der Waals surface area contributed by atoms with Crippen molar-refractivity contribution < 1.29 is 24.1 Å². The second kappa shape index (κ2) is 8.65. The smallest absolute Gasteiger partial charge is 0.274 e.